The monoisotopic (exact) mass is 403 g/mol. The highest BCUT2D eigenvalue weighted by atomic mass is 16.5. The van der Waals surface area contributed by atoms with E-state index in [0.29, 0.717) is 40.4 Å². The Bertz CT molecular complexity index is 1210. The minimum absolute atomic E-state index is 0.109. The zero-order valence-electron chi connectivity index (χ0n) is 17.9. The molecule has 0 spiro atoms. The SMILES string of the molecule is Cc1cc(C(=O)Nc2ccnn2Cc2ccc(C(C)(C)C)cc2)c2c(C)noc2n1. The third kappa shape index (κ3) is 3.83. The van der Waals surface area contributed by atoms with Crippen molar-refractivity contribution in [2.45, 2.75) is 46.6 Å². The highest BCUT2D eigenvalue weighted by Crippen LogP contribution is 2.24. The number of rotatable bonds is 4. The molecule has 0 aliphatic heterocycles. The number of carbonyl (C=O) groups excluding carboxylic acids is 1. The van der Waals surface area contributed by atoms with Crippen molar-refractivity contribution in [1.29, 1.82) is 0 Å². The fourth-order valence-electron chi connectivity index (χ4n) is 3.43. The van der Waals surface area contributed by atoms with E-state index < -0.39 is 0 Å². The van der Waals surface area contributed by atoms with Crippen LogP contribution in [0.5, 0.6) is 0 Å². The van der Waals surface area contributed by atoms with Gasteiger partial charge in [0.25, 0.3) is 11.6 Å². The molecular weight excluding hydrogens is 378 g/mol. The third-order valence-electron chi connectivity index (χ3n) is 5.10. The largest absolute Gasteiger partial charge is 0.336 e. The smallest absolute Gasteiger partial charge is 0.258 e. The number of aromatic nitrogens is 4. The quantitative estimate of drug-likeness (QED) is 0.537. The van der Waals surface area contributed by atoms with Crippen molar-refractivity contribution in [3.8, 4) is 0 Å². The number of amides is 1. The summed E-state index contributed by atoms with van der Waals surface area (Å²) in [6.07, 6.45) is 1.68. The second-order valence-corrected chi connectivity index (χ2v) is 8.53. The Morgan fingerprint density at radius 1 is 1.13 bits per heavy atom. The molecule has 0 fully saturated rings. The fourth-order valence-corrected chi connectivity index (χ4v) is 3.43. The van der Waals surface area contributed by atoms with E-state index in [1.807, 2.05) is 6.92 Å². The van der Waals surface area contributed by atoms with Crippen LogP contribution in [0.25, 0.3) is 11.1 Å². The number of fused-ring (bicyclic) bond motifs is 1. The number of nitrogens with zero attached hydrogens (tertiary/aromatic N) is 4. The van der Waals surface area contributed by atoms with Gasteiger partial charge in [-0.1, -0.05) is 50.2 Å². The number of aryl methyl sites for hydroxylation is 2. The van der Waals surface area contributed by atoms with Gasteiger partial charge in [0.1, 0.15) is 5.82 Å². The summed E-state index contributed by atoms with van der Waals surface area (Å²) in [6, 6.07) is 12.0. The molecule has 0 unspecified atom stereocenters. The van der Waals surface area contributed by atoms with E-state index in [0.717, 1.165) is 5.56 Å². The Balaban J connectivity index is 1.57. The Morgan fingerprint density at radius 3 is 2.57 bits per heavy atom. The molecule has 0 aliphatic rings. The lowest BCUT2D eigenvalue weighted by atomic mass is 9.87. The minimum atomic E-state index is -0.248. The molecular formula is C23H25N5O2. The number of benzene rings is 1. The maximum Gasteiger partial charge on any atom is 0.258 e. The first kappa shape index (κ1) is 19.8. The van der Waals surface area contributed by atoms with Crippen molar-refractivity contribution in [2.75, 3.05) is 5.32 Å². The lowest BCUT2D eigenvalue weighted by Crippen LogP contribution is -2.17. The summed E-state index contributed by atoms with van der Waals surface area (Å²) in [5.74, 6) is 0.373. The van der Waals surface area contributed by atoms with Crippen LogP contribution < -0.4 is 5.32 Å². The standard InChI is InChI=1S/C23H25N5O2/c1-14-12-18(20-15(2)27-30-22(20)25-14)21(29)26-19-10-11-24-28(19)13-16-6-8-17(9-7-16)23(3,4)5/h6-12H,13H2,1-5H3,(H,26,29). The van der Waals surface area contributed by atoms with Crippen molar-refractivity contribution in [2.24, 2.45) is 0 Å². The summed E-state index contributed by atoms with van der Waals surface area (Å²) in [4.78, 5) is 17.3. The lowest BCUT2D eigenvalue weighted by Gasteiger charge is -2.19. The number of anilines is 1. The summed E-state index contributed by atoms with van der Waals surface area (Å²) in [7, 11) is 0. The molecule has 1 N–H and O–H groups in total. The second-order valence-electron chi connectivity index (χ2n) is 8.53. The average molecular weight is 403 g/mol. The van der Waals surface area contributed by atoms with E-state index in [-0.39, 0.29) is 11.3 Å². The molecule has 0 saturated heterocycles. The van der Waals surface area contributed by atoms with E-state index in [2.05, 4.69) is 65.6 Å². The molecule has 7 nitrogen and oxygen atoms in total. The van der Waals surface area contributed by atoms with E-state index in [9.17, 15) is 4.79 Å². The summed E-state index contributed by atoms with van der Waals surface area (Å²) in [5.41, 5.74) is 4.67. The molecule has 4 aromatic rings. The van der Waals surface area contributed by atoms with Crippen LogP contribution in [0.3, 0.4) is 0 Å². The first-order valence-corrected chi connectivity index (χ1v) is 9.88. The van der Waals surface area contributed by atoms with Gasteiger partial charge < -0.3 is 9.84 Å². The zero-order chi connectivity index (χ0) is 21.5. The van der Waals surface area contributed by atoms with Crippen molar-refractivity contribution in [3.63, 3.8) is 0 Å². The van der Waals surface area contributed by atoms with Gasteiger partial charge in [-0.3, -0.25) is 4.79 Å². The topological polar surface area (TPSA) is 85.8 Å². The molecule has 0 bridgehead atoms. The van der Waals surface area contributed by atoms with Gasteiger partial charge in [0.05, 0.1) is 29.4 Å². The predicted octanol–water partition coefficient (Wildman–Crippen LogP) is 4.63. The summed E-state index contributed by atoms with van der Waals surface area (Å²) in [6.45, 7) is 10.8. The van der Waals surface area contributed by atoms with E-state index in [1.54, 1.807) is 29.9 Å². The molecule has 0 atom stereocenters. The third-order valence-corrected chi connectivity index (χ3v) is 5.10. The second kappa shape index (κ2) is 7.40. The van der Waals surface area contributed by atoms with E-state index >= 15 is 0 Å². The molecule has 0 aliphatic carbocycles. The highest BCUT2D eigenvalue weighted by molar-refractivity contribution is 6.12. The maximum atomic E-state index is 13.0. The van der Waals surface area contributed by atoms with Crippen molar-refractivity contribution >= 4 is 22.8 Å². The molecule has 0 radical (unpaired) electrons. The highest BCUT2D eigenvalue weighted by Gasteiger charge is 2.19. The number of nitrogens with one attached hydrogen (secondary N) is 1. The van der Waals surface area contributed by atoms with Crippen LogP contribution in [0.4, 0.5) is 5.82 Å². The van der Waals surface area contributed by atoms with Crippen LogP contribution in [-0.4, -0.2) is 25.8 Å². The first-order chi connectivity index (χ1) is 14.2. The minimum Gasteiger partial charge on any atom is -0.336 e. The molecule has 4 rings (SSSR count). The fraction of sp³-hybridized carbons (Fsp3) is 0.304. The van der Waals surface area contributed by atoms with Crippen LogP contribution in [0.1, 0.15) is 53.6 Å². The Labute approximate surface area is 175 Å². The molecule has 7 heteroatoms. The van der Waals surface area contributed by atoms with Crippen LogP contribution in [-0.2, 0) is 12.0 Å². The predicted molar refractivity (Wildman–Crippen MR) is 116 cm³/mol. The zero-order valence-corrected chi connectivity index (χ0v) is 17.9. The Morgan fingerprint density at radius 2 is 1.87 bits per heavy atom. The summed E-state index contributed by atoms with van der Waals surface area (Å²) >= 11 is 0. The molecule has 1 aromatic carbocycles. The van der Waals surface area contributed by atoms with Gasteiger partial charge in [-0.2, -0.15) is 5.10 Å². The van der Waals surface area contributed by atoms with Crippen LogP contribution in [0.2, 0.25) is 0 Å². The molecule has 1 amide bonds. The molecule has 30 heavy (non-hydrogen) atoms. The number of hydrogen-bond donors (Lipinski definition) is 1. The lowest BCUT2D eigenvalue weighted by molar-refractivity contribution is 0.102. The van der Waals surface area contributed by atoms with Gasteiger partial charge in [-0.15, -0.1) is 0 Å². The van der Waals surface area contributed by atoms with Crippen molar-refractivity contribution < 1.29 is 9.32 Å². The van der Waals surface area contributed by atoms with E-state index in [1.165, 1.54) is 5.56 Å². The van der Waals surface area contributed by atoms with Crippen LogP contribution in [0.15, 0.2) is 47.1 Å². The molecule has 3 aromatic heterocycles. The van der Waals surface area contributed by atoms with Gasteiger partial charge in [0.15, 0.2) is 0 Å². The molecule has 3 heterocycles. The molecule has 0 saturated carbocycles. The van der Waals surface area contributed by atoms with Gasteiger partial charge in [0.2, 0.25) is 0 Å². The maximum absolute atomic E-state index is 13.0. The average Bonchev–Trinajstić information content (AvgIpc) is 3.27. The van der Waals surface area contributed by atoms with E-state index in [4.69, 9.17) is 4.52 Å². The summed E-state index contributed by atoms with van der Waals surface area (Å²) in [5, 5.41) is 11.9. The van der Waals surface area contributed by atoms with Crippen molar-refractivity contribution in [3.05, 3.63) is 70.7 Å². The van der Waals surface area contributed by atoms with Gasteiger partial charge in [-0.05, 0) is 36.5 Å². The van der Waals surface area contributed by atoms with Crippen LogP contribution >= 0.6 is 0 Å². The van der Waals surface area contributed by atoms with Crippen LogP contribution in [0, 0.1) is 13.8 Å². The normalized spacial score (nSPS) is 11.8. The molecule has 154 valence electrons. The van der Waals surface area contributed by atoms with Gasteiger partial charge in [-0.25, -0.2) is 9.67 Å². The number of carbonyl (C=O) groups is 1. The number of pyridine rings is 1. The first-order valence-electron chi connectivity index (χ1n) is 9.88. The van der Waals surface area contributed by atoms with Gasteiger partial charge >= 0.3 is 0 Å². The Kier molecular flexibility index (Phi) is 4.89. The van der Waals surface area contributed by atoms with Gasteiger partial charge in [0, 0.05) is 11.8 Å². The Hall–Kier alpha value is -3.48. The number of hydrogen-bond acceptors (Lipinski definition) is 5. The van der Waals surface area contributed by atoms with Crippen molar-refractivity contribution in [1.82, 2.24) is 19.9 Å². The summed E-state index contributed by atoms with van der Waals surface area (Å²) < 4.78 is 7.01.